The van der Waals surface area contributed by atoms with Gasteiger partial charge in [-0.15, -0.1) is 24.0 Å². The fourth-order valence-corrected chi connectivity index (χ4v) is 2.30. The van der Waals surface area contributed by atoms with Crippen LogP contribution in [0.4, 0.5) is 5.69 Å². The summed E-state index contributed by atoms with van der Waals surface area (Å²) in [5, 5.41) is 3.40. The van der Waals surface area contributed by atoms with Gasteiger partial charge in [0, 0.05) is 25.3 Å². The summed E-state index contributed by atoms with van der Waals surface area (Å²) in [5.74, 6) is 1.04. The van der Waals surface area contributed by atoms with Gasteiger partial charge < -0.3 is 10.2 Å². The van der Waals surface area contributed by atoms with Crippen LogP contribution in [0.2, 0.25) is 0 Å². The van der Waals surface area contributed by atoms with E-state index in [1.54, 1.807) is 0 Å². The second kappa shape index (κ2) is 8.40. The quantitative estimate of drug-likeness (QED) is 0.379. The van der Waals surface area contributed by atoms with Gasteiger partial charge in [-0.05, 0) is 31.4 Å². The standard InChI is InChI=1S/C15H23N3.HI/c1-3-5-11-17-15(16-4-2)18-12-10-13-8-6-7-9-14(13)18;/h6-9H,3-5,10-12H2,1-2H3,(H,16,17);1H. The van der Waals surface area contributed by atoms with Crippen LogP contribution < -0.4 is 10.2 Å². The highest BCUT2D eigenvalue weighted by molar-refractivity contribution is 14.0. The summed E-state index contributed by atoms with van der Waals surface area (Å²) in [6, 6.07) is 8.62. The zero-order valence-corrected chi connectivity index (χ0v) is 14.2. The maximum Gasteiger partial charge on any atom is 0.198 e. The molecule has 4 heteroatoms. The van der Waals surface area contributed by atoms with Gasteiger partial charge in [0.1, 0.15) is 0 Å². The molecule has 2 rings (SSSR count). The first-order valence-corrected chi connectivity index (χ1v) is 7.00. The Kier molecular flexibility index (Phi) is 7.20. The van der Waals surface area contributed by atoms with Crippen LogP contribution in [0, 0.1) is 0 Å². The van der Waals surface area contributed by atoms with Crippen LogP contribution in [0.5, 0.6) is 0 Å². The number of rotatable bonds is 4. The number of nitrogens with zero attached hydrogens (tertiary/aromatic N) is 2. The Morgan fingerprint density at radius 3 is 2.84 bits per heavy atom. The summed E-state index contributed by atoms with van der Waals surface area (Å²) in [6.07, 6.45) is 3.47. The molecule has 0 aromatic heterocycles. The lowest BCUT2D eigenvalue weighted by atomic mass is 10.2. The Bertz CT molecular complexity index is 418. The normalized spacial score (nSPS) is 14.0. The van der Waals surface area contributed by atoms with Crippen molar-refractivity contribution in [1.82, 2.24) is 5.32 Å². The Balaban J connectivity index is 0.00000180. The first-order valence-electron chi connectivity index (χ1n) is 7.00. The summed E-state index contributed by atoms with van der Waals surface area (Å²) in [7, 11) is 0. The number of guanidine groups is 1. The second-order valence-corrected chi connectivity index (χ2v) is 4.62. The molecule has 0 spiro atoms. The minimum atomic E-state index is 0. The molecule has 1 aromatic carbocycles. The van der Waals surface area contributed by atoms with Crippen molar-refractivity contribution in [2.45, 2.75) is 33.1 Å². The lowest BCUT2D eigenvalue weighted by Crippen LogP contribution is -2.40. The van der Waals surface area contributed by atoms with Crippen LogP contribution >= 0.6 is 24.0 Å². The molecule has 0 radical (unpaired) electrons. The van der Waals surface area contributed by atoms with Gasteiger partial charge in [-0.3, -0.25) is 4.99 Å². The third-order valence-corrected chi connectivity index (χ3v) is 3.25. The topological polar surface area (TPSA) is 27.6 Å². The maximum atomic E-state index is 4.72. The van der Waals surface area contributed by atoms with Crippen molar-refractivity contribution in [3.05, 3.63) is 29.8 Å². The number of hydrogen-bond acceptors (Lipinski definition) is 1. The van der Waals surface area contributed by atoms with Gasteiger partial charge in [-0.25, -0.2) is 0 Å². The highest BCUT2D eigenvalue weighted by Gasteiger charge is 2.21. The smallest absolute Gasteiger partial charge is 0.198 e. The van der Waals surface area contributed by atoms with E-state index in [2.05, 4.69) is 48.3 Å². The van der Waals surface area contributed by atoms with E-state index in [1.807, 2.05) is 0 Å². The Labute approximate surface area is 133 Å². The Morgan fingerprint density at radius 1 is 1.32 bits per heavy atom. The predicted octanol–water partition coefficient (Wildman–Crippen LogP) is 3.43. The van der Waals surface area contributed by atoms with E-state index in [9.17, 15) is 0 Å². The van der Waals surface area contributed by atoms with E-state index < -0.39 is 0 Å². The van der Waals surface area contributed by atoms with E-state index >= 15 is 0 Å². The Hall–Kier alpha value is -0.780. The summed E-state index contributed by atoms with van der Waals surface area (Å²) >= 11 is 0. The molecule has 1 heterocycles. The monoisotopic (exact) mass is 373 g/mol. The van der Waals surface area contributed by atoms with Crippen molar-refractivity contribution >= 4 is 35.6 Å². The molecule has 0 saturated heterocycles. The van der Waals surface area contributed by atoms with Crippen molar-refractivity contribution in [3.63, 3.8) is 0 Å². The molecular weight excluding hydrogens is 349 g/mol. The van der Waals surface area contributed by atoms with Gasteiger partial charge >= 0.3 is 0 Å². The summed E-state index contributed by atoms with van der Waals surface area (Å²) in [5.41, 5.74) is 2.74. The van der Waals surface area contributed by atoms with E-state index in [-0.39, 0.29) is 24.0 Å². The van der Waals surface area contributed by atoms with Gasteiger partial charge in [0.2, 0.25) is 0 Å². The Morgan fingerprint density at radius 2 is 2.11 bits per heavy atom. The molecular formula is C15H24IN3. The average molecular weight is 373 g/mol. The van der Waals surface area contributed by atoms with Crippen LogP contribution in [0.25, 0.3) is 0 Å². The van der Waals surface area contributed by atoms with Gasteiger partial charge in [-0.1, -0.05) is 31.5 Å². The molecule has 0 amide bonds. The van der Waals surface area contributed by atoms with Crippen molar-refractivity contribution in [2.75, 3.05) is 24.5 Å². The zero-order valence-electron chi connectivity index (χ0n) is 11.9. The zero-order chi connectivity index (χ0) is 12.8. The first kappa shape index (κ1) is 16.3. The molecule has 106 valence electrons. The van der Waals surface area contributed by atoms with Gasteiger partial charge in [0.15, 0.2) is 5.96 Å². The first-order chi connectivity index (χ1) is 8.86. The lowest BCUT2D eigenvalue weighted by molar-refractivity contribution is 0.792. The van der Waals surface area contributed by atoms with Gasteiger partial charge in [0.25, 0.3) is 0 Å². The SMILES string of the molecule is CCCCN=C(NCC)N1CCc2ccccc21.I. The maximum absolute atomic E-state index is 4.72. The van der Waals surface area contributed by atoms with E-state index in [0.29, 0.717) is 0 Å². The fourth-order valence-electron chi connectivity index (χ4n) is 2.30. The summed E-state index contributed by atoms with van der Waals surface area (Å²) in [6.45, 7) is 7.20. The minimum Gasteiger partial charge on any atom is -0.356 e. The lowest BCUT2D eigenvalue weighted by Gasteiger charge is -2.22. The predicted molar refractivity (Wildman–Crippen MR) is 93.8 cm³/mol. The molecule has 1 N–H and O–H groups in total. The third kappa shape index (κ3) is 4.09. The number of nitrogens with one attached hydrogen (secondary N) is 1. The number of halogens is 1. The number of aliphatic imine (C=N–C) groups is 1. The molecule has 3 nitrogen and oxygen atoms in total. The molecule has 0 atom stereocenters. The van der Waals surface area contributed by atoms with Crippen LogP contribution in [-0.2, 0) is 6.42 Å². The number of para-hydroxylation sites is 1. The molecule has 1 aliphatic heterocycles. The molecule has 0 saturated carbocycles. The minimum absolute atomic E-state index is 0. The van der Waals surface area contributed by atoms with Crippen molar-refractivity contribution in [3.8, 4) is 0 Å². The van der Waals surface area contributed by atoms with Gasteiger partial charge in [0.05, 0.1) is 0 Å². The fraction of sp³-hybridized carbons (Fsp3) is 0.533. The van der Waals surface area contributed by atoms with Crippen LogP contribution in [0.1, 0.15) is 32.3 Å². The van der Waals surface area contributed by atoms with Crippen LogP contribution in [0.15, 0.2) is 29.3 Å². The van der Waals surface area contributed by atoms with Crippen molar-refractivity contribution in [1.29, 1.82) is 0 Å². The van der Waals surface area contributed by atoms with Gasteiger partial charge in [-0.2, -0.15) is 0 Å². The molecule has 0 unspecified atom stereocenters. The molecule has 1 aromatic rings. The second-order valence-electron chi connectivity index (χ2n) is 4.62. The number of benzene rings is 1. The number of fused-ring (bicyclic) bond motifs is 1. The number of unbranched alkanes of at least 4 members (excludes halogenated alkanes) is 1. The van der Waals surface area contributed by atoms with Crippen LogP contribution in [0.3, 0.4) is 0 Å². The molecule has 0 aliphatic carbocycles. The van der Waals surface area contributed by atoms with E-state index in [1.165, 1.54) is 17.7 Å². The summed E-state index contributed by atoms with van der Waals surface area (Å²) < 4.78 is 0. The van der Waals surface area contributed by atoms with Crippen molar-refractivity contribution < 1.29 is 0 Å². The highest BCUT2D eigenvalue weighted by atomic mass is 127. The largest absolute Gasteiger partial charge is 0.356 e. The highest BCUT2D eigenvalue weighted by Crippen LogP contribution is 2.27. The van der Waals surface area contributed by atoms with Crippen LogP contribution in [-0.4, -0.2) is 25.6 Å². The average Bonchev–Trinajstić information content (AvgIpc) is 2.82. The van der Waals surface area contributed by atoms with E-state index in [0.717, 1.165) is 38.4 Å². The third-order valence-electron chi connectivity index (χ3n) is 3.25. The van der Waals surface area contributed by atoms with Crippen molar-refractivity contribution in [2.24, 2.45) is 4.99 Å². The number of anilines is 1. The molecule has 0 fully saturated rings. The molecule has 0 bridgehead atoms. The summed E-state index contributed by atoms with van der Waals surface area (Å²) in [4.78, 5) is 7.03. The number of hydrogen-bond donors (Lipinski definition) is 1. The molecule has 19 heavy (non-hydrogen) atoms. The molecule has 1 aliphatic rings. The van der Waals surface area contributed by atoms with E-state index in [4.69, 9.17) is 4.99 Å².